The molecule has 4 atom stereocenters. The predicted octanol–water partition coefficient (Wildman–Crippen LogP) is 3.93. The highest BCUT2D eigenvalue weighted by molar-refractivity contribution is 7.49. The minimum atomic E-state index is -1.69. The highest BCUT2D eigenvalue weighted by Crippen LogP contribution is 2.45. The van der Waals surface area contributed by atoms with Gasteiger partial charge in [0.25, 0.3) is 0 Å². The van der Waals surface area contributed by atoms with Crippen molar-refractivity contribution in [1.29, 1.82) is 0 Å². The van der Waals surface area contributed by atoms with Gasteiger partial charge in [0.1, 0.15) is 12.2 Å². The fraction of sp³-hybridized carbons (Fsp3) is 0.696. The molecule has 2 aromatic rings. The molecular formula is C23H35ClN3O8P. The Morgan fingerprint density at radius 2 is 1.97 bits per heavy atom. The molecule has 2 aromatic heterocycles. The van der Waals surface area contributed by atoms with Crippen molar-refractivity contribution < 1.29 is 37.9 Å². The maximum absolute atomic E-state index is 12.7. The number of hydrogen-bond donors (Lipinski definition) is 1. The number of fused-ring (bicyclic) bond motifs is 1. The Kier molecular flexibility index (Phi) is 10.4. The van der Waals surface area contributed by atoms with Crippen LogP contribution in [0.4, 0.5) is 0 Å². The maximum atomic E-state index is 12.7. The van der Waals surface area contributed by atoms with Gasteiger partial charge < -0.3 is 33.1 Å². The van der Waals surface area contributed by atoms with Crippen LogP contribution < -0.4 is 0 Å². The Morgan fingerprint density at radius 3 is 2.58 bits per heavy atom. The van der Waals surface area contributed by atoms with E-state index in [2.05, 4.69) is 10.1 Å². The van der Waals surface area contributed by atoms with E-state index >= 15 is 0 Å². The van der Waals surface area contributed by atoms with E-state index in [-0.39, 0.29) is 18.5 Å². The van der Waals surface area contributed by atoms with Crippen LogP contribution in [0.15, 0.2) is 12.1 Å². The van der Waals surface area contributed by atoms with E-state index in [1.165, 1.54) is 0 Å². The Bertz CT molecular complexity index is 1010. The predicted molar refractivity (Wildman–Crippen MR) is 133 cm³/mol. The van der Waals surface area contributed by atoms with Crippen LogP contribution in [0.2, 0.25) is 5.28 Å². The van der Waals surface area contributed by atoms with Crippen molar-refractivity contribution in [2.75, 3.05) is 26.4 Å². The summed E-state index contributed by atoms with van der Waals surface area (Å²) in [6.45, 7) is 11.2. The molecule has 1 fully saturated rings. The standard InChI is InChI=1S/C23H35ClN3O8P/c1-7-30-20(28)21(36(32-8-2)33-9-3)31-13-19-18(35-23(5,6)29)12-17(34-19)16-11-10-15-14(4)25-22(24)26-27(15)16/h10-11,17-19,21,29H,7-9,12-13H2,1-6H3/t17-,18?,19?,21?/m0/s1. The van der Waals surface area contributed by atoms with Gasteiger partial charge >= 0.3 is 5.97 Å². The van der Waals surface area contributed by atoms with Crippen molar-refractivity contribution in [3.63, 3.8) is 0 Å². The third kappa shape index (κ3) is 7.33. The molecule has 1 aliphatic heterocycles. The zero-order valence-corrected chi connectivity index (χ0v) is 23.1. The zero-order valence-electron chi connectivity index (χ0n) is 21.5. The van der Waals surface area contributed by atoms with Gasteiger partial charge in [0.05, 0.1) is 49.4 Å². The monoisotopic (exact) mass is 547 g/mol. The molecule has 11 nitrogen and oxygen atoms in total. The Hall–Kier alpha value is -1.43. The van der Waals surface area contributed by atoms with Crippen LogP contribution in [0, 0.1) is 6.92 Å². The number of carbonyl (C=O) groups excluding carboxylic acids is 1. The molecule has 0 bridgehead atoms. The first kappa shape index (κ1) is 29.1. The number of aliphatic hydroxyl groups is 1. The second-order valence-corrected chi connectivity index (χ2v) is 10.5. The average molecular weight is 548 g/mol. The van der Waals surface area contributed by atoms with E-state index in [4.69, 9.17) is 39.6 Å². The smallest absolute Gasteiger partial charge is 0.344 e. The second kappa shape index (κ2) is 12.9. The zero-order chi connectivity index (χ0) is 26.5. The van der Waals surface area contributed by atoms with Gasteiger partial charge in [-0.3, -0.25) is 0 Å². The van der Waals surface area contributed by atoms with E-state index in [1.807, 2.05) is 32.9 Å². The first-order chi connectivity index (χ1) is 17.1. The fourth-order valence-corrected chi connectivity index (χ4v) is 5.48. The molecule has 0 spiro atoms. The van der Waals surface area contributed by atoms with E-state index in [0.717, 1.165) is 16.9 Å². The summed E-state index contributed by atoms with van der Waals surface area (Å²) >= 11 is 6.10. The molecule has 0 saturated carbocycles. The van der Waals surface area contributed by atoms with Crippen LogP contribution in [0.3, 0.4) is 0 Å². The molecule has 0 amide bonds. The Labute approximate surface area is 217 Å². The molecule has 202 valence electrons. The van der Waals surface area contributed by atoms with Crippen molar-refractivity contribution >= 4 is 31.5 Å². The summed E-state index contributed by atoms with van der Waals surface area (Å²) in [4.78, 5) is 16.9. The van der Waals surface area contributed by atoms with Crippen molar-refractivity contribution in [2.24, 2.45) is 0 Å². The van der Waals surface area contributed by atoms with Crippen LogP contribution in [0.25, 0.3) is 5.52 Å². The SMILES string of the molecule is CCOC(=O)C(OCC1O[C@H](c2ccc3c(C)nc(Cl)nn23)CC1OC(C)(C)O)P(OCC)OCC. The number of carbonyl (C=O) groups is 1. The van der Waals surface area contributed by atoms with Crippen molar-refractivity contribution in [3.8, 4) is 0 Å². The van der Waals surface area contributed by atoms with E-state index in [9.17, 15) is 9.90 Å². The summed E-state index contributed by atoms with van der Waals surface area (Å²) in [7, 11) is -1.69. The molecule has 3 unspecified atom stereocenters. The number of halogens is 1. The first-order valence-electron chi connectivity index (χ1n) is 12.0. The van der Waals surface area contributed by atoms with Crippen molar-refractivity contribution in [2.45, 2.75) is 77.9 Å². The molecule has 3 rings (SSSR count). The summed E-state index contributed by atoms with van der Waals surface area (Å²) < 4.78 is 36.5. The van der Waals surface area contributed by atoms with E-state index in [0.29, 0.717) is 19.6 Å². The molecule has 0 radical (unpaired) electrons. The van der Waals surface area contributed by atoms with Gasteiger partial charge in [-0.05, 0) is 65.3 Å². The molecule has 1 aliphatic rings. The summed E-state index contributed by atoms with van der Waals surface area (Å²) in [6, 6.07) is 3.79. The minimum Gasteiger partial charge on any atom is -0.464 e. The van der Waals surface area contributed by atoms with Gasteiger partial charge in [0.2, 0.25) is 19.5 Å². The number of rotatable bonds is 13. The summed E-state index contributed by atoms with van der Waals surface area (Å²) in [5, 5.41) is 14.8. The number of ether oxygens (including phenoxy) is 4. The van der Waals surface area contributed by atoms with Gasteiger partial charge in [-0.15, -0.1) is 5.10 Å². The number of aromatic nitrogens is 3. The highest BCUT2D eigenvalue weighted by Gasteiger charge is 2.43. The lowest BCUT2D eigenvalue weighted by molar-refractivity contribution is -0.219. The number of aryl methyl sites for hydroxylation is 1. The summed E-state index contributed by atoms with van der Waals surface area (Å²) in [6.07, 6.45) is -1.16. The molecule has 13 heteroatoms. The van der Waals surface area contributed by atoms with Crippen LogP contribution in [-0.2, 0) is 32.8 Å². The highest BCUT2D eigenvalue weighted by atomic mass is 35.5. The maximum Gasteiger partial charge on any atom is 0.344 e. The quantitative estimate of drug-likeness (QED) is 0.224. The fourth-order valence-electron chi connectivity index (χ4n) is 3.96. The molecule has 0 aromatic carbocycles. The number of esters is 1. The number of hydrogen-bond acceptors (Lipinski definition) is 10. The van der Waals surface area contributed by atoms with Crippen molar-refractivity contribution in [3.05, 3.63) is 28.8 Å². The largest absolute Gasteiger partial charge is 0.464 e. The van der Waals surface area contributed by atoms with Gasteiger partial charge in [-0.2, -0.15) is 0 Å². The topological polar surface area (TPSA) is 123 Å². The second-order valence-electron chi connectivity index (χ2n) is 8.58. The van der Waals surface area contributed by atoms with Crippen molar-refractivity contribution in [1.82, 2.24) is 14.6 Å². The molecule has 1 saturated heterocycles. The van der Waals surface area contributed by atoms with Gasteiger partial charge in [0, 0.05) is 6.42 Å². The Balaban J connectivity index is 1.83. The van der Waals surface area contributed by atoms with Gasteiger partial charge in [-0.1, -0.05) is 0 Å². The lowest BCUT2D eigenvalue weighted by Crippen LogP contribution is -2.39. The van der Waals surface area contributed by atoms with Gasteiger partial charge in [-0.25, -0.2) is 14.3 Å². The summed E-state index contributed by atoms with van der Waals surface area (Å²) in [5.41, 5.74) is 2.30. The molecule has 0 aliphatic carbocycles. The lowest BCUT2D eigenvalue weighted by Gasteiger charge is -2.28. The van der Waals surface area contributed by atoms with E-state index < -0.39 is 44.3 Å². The lowest BCUT2D eigenvalue weighted by atomic mass is 10.1. The average Bonchev–Trinajstić information content (AvgIpc) is 3.37. The molecule has 3 heterocycles. The first-order valence-corrected chi connectivity index (χ1v) is 13.6. The summed E-state index contributed by atoms with van der Waals surface area (Å²) in [5.74, 6) is -3.04. The third-order valence-electron chi connectivity index (χ3n) is 5.28. The van der Waals surface area contributed by atoms with Gasteiger partial charge in [0.15, 0.2) is 5.79 Å². The minimum absolute atomic E-state index is 0.0161. The molecule has 36 heavy (non-hydrogen) atoms. The Morgan fingerprint density at radius 1 is 1.28 bits per heavy atom. The van der Waals surface area contributed by atoms with Crippen LogP contribution in [0.1, 0.15) is 58.5 Å². The molecular weight excluding hydrogens is 513 g/mol. The van der Waals surface area contributed by atoms with Crippen LogP contribution in [0.5, 0.6) is 0 Å². The number of nitrogens with zero attached hydrogens (tertiary/aromatic N) is 3. The normalized spacial score (nSPS) is 21.4. The van der Waals surface area contributed by atoms with E-state index in [1.54, 1.807) is 25.3 Å². The van der Waals surface area contributed by atoms with Crippen LogP contribution in [-0.4, -0.2) is 75.9 Å². The third-order valence-corrected chi connectivity index (χ3v) is 7.21. The van der Waals surface area contributed by atoms with Crippen LogP contribution >= 0.6 is 20.0 Å². The molecule has 1 N–H and O–H groups in total.